The van der Waals surface area contributed by atoms with Crippen molar-refractivity contribution in [2.45, 2.75) is 13.8 Å². The van der Waals surface area contributed by atoms with Crippen LogP contribution >= 0.6 is 0 Å². The van der Waals surface area contributed by atoms with Gasteiger partial charge in [-0.2, -0.15) is 0 Å². The largest absolute Gasteiger partial charge is 0.478 e. The van der Waals surface area contributed by atoms with Crippen molar-refractivity contribution in [3.05, 3.63) is 17.5 Å². The third-order valence-corrected chi connectivity index (χ3v) is 1.97. The molecule has 6 heteroatoms. The number of carbonyl (C=O) groups is 2. The fourth-order valence-corrected chi connectivity index (χ4v) is 0.967. The summed E-state index contributed by atoms with van der Waals surface area (Å²) in [4.78, 5) is 30.7. The van der Waals surface area contributed by atoms with Crippen molar-refractivity contribution in [2.24, 2.45) is 0 Å². The highest BCUT2D eigenvalue weighted by Crippen LogP contribution is 2.09. The molecule has 0 atom stereocenters. The fourth-order valence-electron chi connectivity index (χ4n) is 0.967. The van der Waals surface area contributed by atoms with Gasteiger partial charge in [-0.1, -0.05) is 0 Å². The Morgan fingerprint density at radius 1 is 1.47 bits per heavy atom. The Bertz CT molecular complexity index is 417. The minimum Gasteiger partial charge on any atom is -0.478 e. The smallest absolute Gasteiger partial charge is 0.339 e. The zero-order chi connectivity index (χ0) is 11.6. The molecule has 1 aromatic heterocycles. The molecule has 1 N–H and O–H groups in total. The van der Waals surface area contributed by atoms with Gasteiger partial charge in [-0.25, -0.2) is 14.8 Å². The van der Waals surface area contributed by atoms with E-state index >= 15 is 0 Å². The van der Waals surface area contributed by atoms with Gasteiger partial charge in [0.25, 0.3) is 0 Å². The van der Waals surface area contributed by atoms with Crippen molar-refractivity contribution in [1.82, 2.24) is 9.97 Å². The molecular formula is C9H11N3O3. The third-order valence-electron chi connectivity index (χ3n) is 1.97. The van der Waals surface area contributed by atoms with E-state index in [4.69, 9.17) is 5.11 Å². The van der Waals surface area contributed by atoms with Crippen molar-refractivity contribution in [3.63, 3.8) is 0 Å². The van der Waals surface area contributed by atoms with Crippen LogP contribution in [0, 0.1) is 6.92 Å². The first-order valence-corrected chi connectivity index (χ1v) is 4.24. The molecule has 1 heterocycles. The summed E-state index contributed by atoms with van der Waals surface area (Å²) in [5.41, 5.74) is 0.372. The average Bonchev–Trinajstić information content (AvgIpc) is 2.15. The molecule has 0 spiro atoms. The topological polar surface area (TPSA) is 83.4 Å². The lowest BCUT2D eigenvalue weighted by molar-refractivity contribution is -0.116. The quantitative estimate of drug-likeness (QED) is 0.765. The normalized spacial score (nSPS) is 9.80. The summed E-state index contributed by atoms with van der Waals surface area (Å²) in [6.07, 6.45) is 1.19. The molecule has 0 aliphatic carbocycles. The highest BCUT2D eigenvalue weighted by atomic mass is 16.4. The van der Waals surface area contributed by atoms with E-state index in [0.717, 1.165) is 0 Å². The van der Waals surface area contributed by atoms with Crippen LogP contribution in [0.2, 0.25) is 0 Å². The Morgan fingerprint density at radius 2 is 2.07 bits per heavy atom. The SMILES string of the molecule is CC(=O)N(C)c1ncc(C(=O)O)c(C)n1. The van der Waals surface area contributed by atoms with E-state index in [2.05, 4.69) is 9.97 Å². The van der Waals surface area contributed by atoms with E-state index < -0.39 is 5.97 Å². The van der Waals surface area contributed by atoms with E-state index in [1.165, 1.54) is 25.1 Å². The molecule has 0 aliphatic rings. The predicted octanol–water partition coefficient (Wildman–Crippen LogP) is 0.466. The number of hydrogen-bond acceptors (Lipinski definition) is 4. The van der Waals surface area contributed by atoms with Crippen molar-refractivity contribution in [2.75, 3.05) is 11.9 Å². The molecule has 0 radical (unpaired) electrons. The maximum absolute atomic E-state index is 11.0. The summed E-state index contributed by atoms with van der Waals surface area (Å²) in [5, 5.41) is 8.74. The highest BCUT2D eigenvalue weighted by molar-refractivity contribution is 5.90. The van der Waals surface area contributed by atoms with Gasteiger partial charge in [-0.3, -0.25) is 9.69 Å². The number of carboxylic acid groups (broad SMARTS) is 1. The summed E-state index contributed by atoms with van der Waals surface area (Å²) in [6, 6.07) is 0. The van der Waals surface area contributed by atoms with Gasteiger partial charge in [0.2, 0.25) is 11.9 Å². The summed E-state index contributed by atoms with van der Waals surface area (Å²) in [7, 11) is 1.53. The summed E-state index contributed by atoms with van der Waals surface area (Å²) in [6.45, 7) is 2.94. The number of aromatic carboxylic acids is 1. The number of hydrogen-bond donors (Lipinski definition) is 1. The molecule has 0 bridgehead atoms. The van der Waals surface area contributed by atoms with Gasteiger partial charge >= 0.3 is 5.97 Å². The van der Waals surface area contributed by atoms with Crippen LogP contribution < -0.4 is 4.90 Å². The Balaban J connectivity index is 3.12. The second-order valence-electron chi connectivity index (χ2n) is 3.05. The Kier molecular flexibility index (Phi) is 2.99. The van der Waals surface area contributed by atoms with Crippen LogP contribution in [0.4, 0.5) is 5.95 Å². The monoisotopic (exact) mass is 209 g/mol. The molecule has 1 aromatic rings. The Morgan fingerprint density at radius 3 is 2.47 bits per heavy atom. The van der Waals surface area contributed by atoms with E-state index in [1.54, 1.807) is 6.92 Å². The fraction of sp³-hybridized carbons (Fsp3) is 0.333. The maximum Gasteiger partial charge on any atom is 0.339 e. The van der Waals surface area contributed by atoms with Crippen molar-refractivity contribution < 1.29 is 14.7 Å². The van der Waals surface area contributed by atoms with Crippen LogP contribution in [0.15, 0.2) is 6.20 Å². The molecule has 0 aliphatic heterocycles. The zero-order valence-electron chi connectivity index (χ0n) is 8.68. The second kappa shape index (κ2) is 4.04. The average molecular weight is 209 g/mol. The highest BCUT2D eigenvalue weighted by Gasteiger charge is 2.13. The van der Waals surface area contributed by atoms with Crippen molar-refractivity contribution >= 4 is 17.8 Å². The number of nitrogens with zero attached hydrogens (tertiary/aromatic N) is 3. The molecule has 0 aromatic carbocycles. The van der Waals surface area contributed by atoms with E-state index in [9.17, 15) is 9.59 Å². The van der Waals surface area contributed by atoms with Crippen LogP contribution in [0.25, 0.3) is 0 Å². The number of carboxylic acids is 1. The first-order chi connectivity index (χ1) is 6.93. The standard InChI is InChI=1S/C9H11N3O3/c1-5-7(8(14)15)4-10-9(11-5)12(3)6(2)13/h4H,1-3H3,(H,14,15). The number of anilines is 1. The number of amides is 1. The van der Waals surface area contributed by atoms with Gasteiger partial charge in [-0.15, -0.1) is 0 Å². The van der Waals surface area contributed by atoms with Gasteiger partial charge in [0, 0.05) is 20.2 Å². The minimum absolute atomic E-state index is 0.0377. The first-order valence-electron chi connectivity index (χ1n) is 4.24. The van der Waals surface area contributed by atoms with Gasteiger partial charge < -0.3 is 5.11 Å². The Hall–Kier alpha value is -1.98. The zero-order valence-corrected chi connectivity index (χ0v) is 8.68. The van der Waals surface area contributed by atoms with Gasteiger partial charge in [0.1, 0.15) is 0 Å². The van der Waals surface area contributed by atoms with Crippen LogP contribution in [0.3, 0.4) is 0 Å². The van der Waals surface area contributed by atoms with Gasteiger partial charge in [-0.05, 0) is 6.92 Å². The number of aryl methyl sites for hydroxylation is 1. The first kappa shape index (κ1) is 11.1. The predicted molar refractivity (Wildman–Crippen MR) is 52.8 cm³/mol. The third kappa shape index (κ3) is 2.28. The number of rotatable bonds is 2. The molecule has 0 saturated heterocycles. The molecule has 15 heavy (non-hydrogen) atoms. The van der Waals surface area contributed by atoms with Crippen molar-refractivity contribution in [3.8, 4) is 0 Å². The Labute approximate surface area is 86.6 Å². The van der Waals surface area contributed by atoms with Gasteiger partial charge in [0.05, 0.1) is 11.3 Å². The lowest BCUT2D eigenvalue weighted by atomic mass is 10.2. The molecule has 0 unspecified atom stereocenters. The molecule has 0 fully saturated rings. The summed E-state index contributed by atoms with van der Waals surface area (Å²) in [5.74, 6) is -1.09. The molecule has 0 saturated carbocycles. The van der Waals surface area contributed by atoms with Crippen LogP contribution in [0.5, 0.6) is 0 Å². The lowest BCUT2D eigenvalue weighted by Gasteiger charge is -2.13. The van der Waals surface area contributed by atoms with Crippen LogP contribution in [-0.4, -0.2) is 34.0 Å². The molecule has 1 amide bonds. The number of carbonyl (C=O) groups excluding carboxylic acids is 1. The molecule has 1 rings (SSSR count). The van der Waals surface area contributed by atoms with Crippen LogP contribution in [-0.2, 0) is 4.79 Å². The maximum atomic E-state index is 11.0. The summed E-state index contributed by atoms with van der Waals surface area (Å²) >= 11 is 0. The van der Waals surface area contributed by atoms with Crippen molar-refractivity contribution in [1.29, 1.82) is 0 Å². The van der Waals surface area contributed by atoms with E-state index in [1.807, 2.05) is 0 Å². The van der Waals surface area contributed by atoms with Crippen LogP contribution in [0.1, 0.15) is 23.0 Å². The minimum atomic E-state index is -1.08. The lowest BCUT2D eigenvalue weighted by Crippen LogP contribution is -2.25. The second-order valence-corrected chi connectivity index (χ2v) is 3.05. The van der Waals surface area contributed by atoms with E-state index in [-0.39, 0.29) is 17.4 Å². The van der Waals surface area contributed by atoms with E-state index in [0.29, 0.717) is 5.69 Å². The summed E-state index contributed by atoms with van der Waals surface area (Å²) < 4.78 is 0. The molecule has 6 nitrogen and oxygen atoms in total. The van der Waals surface area contributed by atoms with Gasteiger partial charge in [0.15, 0.2) is 0 Å². The molecular weight excluding hydrogens is 198 g/mol. The number of aromatic nitrogens is 2. The molecule has 80 valence electrons.